The van der Waals surface area contributed by atoms with Gasteiger partial charge in [-0.05, 0) is 26.3 Å². The zero-order chi connectivity index (χ0) is 15.5. The number of likely N-dealkylation sites (tertiary alicyclic amines) is 1. The summed E-state index contributed by atoms with van der Waals surface area (Å²) in [5, 5.41) is 4.63. The zero-order valence-corrected chi connectivity index (χ0v) is 13.7. The van der Waals surface area contributed by atoms with Crippen LogP contribution in [0.5, 0.6) is 0 Å². The lowest BCUT2D eigenvalue weighted by atomic mass is 10.2. The van der Waals surface area contributed by atoms with Crippen LogP contribution >= 0.6 is 0 Å². The van der Waals surface area contributed by atoms with Crippen molar-refractivity contribution in [2.24, 2.45) is 0 Å². The van der Waals surface area contributed by atoms with Crippen molar-refractivity contribution < 1.29 is 4.74 Å². The van der Waals surface area contributed by atoms with Crippen LogP contribution in [0.15, 0.2) is 18.5 Å². The Labute approximate surface area is 131 Å². The normalized spacial score (nSPS) is 19.1. The molecule has 1 fully saturated rings. The first-order chi connectivity index (χ1) is 10.7. The van der Waals surface area contributed by atoms with E-state index in [9.17, 15) is 0 Å². The fourth-order valence-electron chi connectivity index (χ4n) is 3.26. The Morgan fingerprint density at radius 2 is 2.23 bits per heavy atom. The van der Waals surface area contributed by atoms with Crippen LogP contribution in [0.1, 0.15) is 29.7 Å². The maximum atomic E-state index is 5.16. The smallest absolute Gasteiger partial charge is 0.122 e. The average molecular weight is 303 g/mol. The highest BCUT2D eigenvalue weighted by Crippen LogP contribution is 2.24. The summed E-state index contributed by atoms with van der Waals surface area (Å²) in [5.74, 6) is 1.12. The van der Waals surface area contributed by atoms with Gasteiger partial charge >= 0.3 is 0 Å². The SMILES string of the molecule is COCCn1ccnc1CN1CC[C@H](n2nc(C)cc2C)C1. The van der Waals surface area contributed by atoms with E-state index in [2.05, 4.69) is 44.1 Å². The Balaban J connectivity index is 1.61. The molecule has 2 aromatic heterocycles. The Morgan fingerprint density at radius 3 is 2.95 bits per heavy atom. The molecule has 1 saturated heterocycles. The van der Waals surface area contributed by atoms with Crippen LogP contribution in [0.3, 0.4) is 0 Å². The monoisotopic (exact) mass is 303 g/mol. The number of ether oxygens (including phenoxy) is 1. The minimum Gasteiger partial charge on any atom is -0.383 e. The van der Waals surface area contributed by atoms with Crippen LogP contribution in [0.2, 0.25) is 0 Å². The summed E-state index contributed by atoms with van der Waals surface area (Å²) in [4.78, 5) is 6.96. The zero-order valence-electron chi connectivity index (χ0n) is 13.7. The number of imidazole rings is 1. The molecule has 6 heteroatoms. The van der Waals surface area contributed by atoms with Gasteiger partial charge in [0.15, 0.2) is 0 Å². The van der Waals surface area contributed by atoms with Gasteiger partial charge in [0.05, 0.1) is 24.9 Å². The lowest BCUT2D eigenvalue weighted by Crippen LogP contribution is -2.24. The largest absolute Gasteiger partial charge is 0.383 e. The van der Waals surface area contributed by atoms with Gasteiger partial charge in [-0.1, -0.05) is 0 Å². The predicted molar refractivity (Wildman–Crippen MR) is 84.7 cm³/mol. The minimum atomic E-state index is 0.482. The number of aromatic nitrogens is 4. The summed E-state index contributed by atoms with van der Waals surface area (Å²) in [7, 11) is 1.73. The topological polar surface area (TPSA) is 48.1 Å². The molecule has 0 unspecified atom stereocenters. The summed E-state index contributed by atoms with van der Waals surface area (Å²) in [6.07, 6.45) is 5.06. The number of nitrogens with zero attached hydrogens (tertiary/aromatic N) is 5. The summed E-state index contributed by atoms with van der Waals surface area (Å²) in [6.45, 7) is 8.81. The summed E-state index contributed by atoms with van der Waals surface area (Å²) in [5.41, 5.74) is 2.36. The number of hydrogen-bond donors (Lipinski definition) is 0. The molecule has 2 aromatic rings. The highest BCUT2D eigenvalue weighted by Gasteiger charge is 2.26. The Hall–Kier alpha value is -1.66. The maximum absolute atomic E-state index is 5.16. The third-order valence-electron chi connectivity index (χ3n) is 4.34. The van der Waals surface area contributed by atoms with Crippen LogP contribution in [-0.4, -0.2) is 51.0 Å². The molecule has 0 aromatic carbocycles. The van der Waals surface area contributed by atoms with Crippen LogP contribution in [0, 0.1) is 13.8 Å². The molecule has 0 amide bonds. The third kappa shape index (κ3) is 3.23. The minimum absolute atomic E-state index is 0.482. The van der Waals surface area contributed by atoms with E-state index < -0.39 is 0 Å². The van der Waals surface area contributed by atoms with Crippen molar-refractivity contribution in [2.75, 3.05) is 26.8 Å². The van der Waals surface area contributed by atoms with Gasteiger partial charge in [-0.2, -0.15) is 5.10 Å². The van der Waals surface area contributed by atoms with Gasteiger partial charge in [-0.25, -0.2) is 4.98 Å². The second-order valence-electron chi connectivity index (χ2n) is 6.08. The summed E-state index contributed by atoms with van der Waals surface area (Å²) < 4.78 is 9.52. The van der Waals surface area contributed by atoms with Gasteiger partial charge in [0.25, 0.3) is 0 Å². The highest BCUT2D eigenvalue weighted by atomic mass is 16.5. The van der Waals surface area contributed by atoms with Crippen molar-refractivity contribution in [3.63, 3.8) is 0 Å². The standard InChI is InChI=1S/C16H25N5O/c1-13-10-14(2)21(18-13)15-4-6-19(11-15)12-16-17-5-7-20(16)8-9-22-3/h5,7,10,15H,4,6,8-9,11-12H2,1-3H3/t15-/m0/s1. The van der Waals surface area contributed by atoms with Crippen LogP contribution in [0.25, 0.3) is 0 Å². The first kappa shape index (κ1) is 15.2. The van der Waals surface area contributed by atoms with Gasteiger partial charge in [-0.3, -0.25) is 9.58 Å². The van der Waals surface area contributed by atoms with E-state index in [1.54, 1.807) is 7.11 Å². The van der Waals surface area contributed by atoms with Gasteiger partial charge in [-0.15, -0.1) is 0 Å². The molecule has 120 valence electrons. The second kappa shape index (κ2) is 6.62. The predicted octanol–water partition coefficient (Wildman–Crippen LogP) is 1.79. The van der Waals surface area contributed by atoms with Crippen molar-refractivity contribution in [1.29, 1.82) is 0 Å². The summed E-state index contributed by atoms with van der Waals surface area (Å²) >= 11 is 0. The van der Waals surface area contributed by atoms with Gasteiger partial charge in [0.2, 0.25) is 0 Å². The van der Waals surface area contributed by atoms with E-state index in [-0.39, 0.29) is 0 Å². The van der Waals surface area contributed by atoms with Crippen molar-refractivity contribution >= 4 is 0 Å². The molecule has 0 saturated carbocycles. The van der Waals surface area contributed by atoms with Crippen LogP contribution < -0.4 is 0 Å². The quantitative estimate of drug-likeness (QED) is 0.816. The lowest BCUT2D eigenvalue weighted by molar-refractivity contribution is 0.184. The van der Waals surface area contributed by atoms with E-state index in [1.807, 2.05) is 12.4 Å². The Kier molecular flexibility index (Phi) is 4.59. The lowest BCUT2D eigenvalue weighted by Gasteiger charge is -2.17. The van der Waals surface area contributed by atoms with Gasteiger partial charge < -0.3 is 9.30 Å². The molecule has 0 radical (unpaired) electrons. The number of aryl methyl sites for hydroxylation is 2. The first-order valence-electron chi connectivity index (χ1n) is 7.91. The van der Waals surface area contributed by atoms with Gasteiger partial charge in [0.1, 0.15) is 5.82 Å². The molecule has 3 heterocycles. The molecule has 0 aliphatic carbocycles. The molecule has 22 heavy (non-hydrogen) atoms. The van der Waals surface area contributed by atoms with Crippen molar-refractivity contribution in [3.8, 4) is 0 Å². The van der Waals surface area contributed by atoms with Crippen LogP contribution in [-0.2, 0) is 17.8 Å². The number of hydrogen-bond acceptors (Lipinski definition) is 4. The van der Waals surface area contributed by atoms with E-state index in [1.165, 1.54) is 5.69 Å². The van der Waals surface area contributed by atoms with Crippen LogP contribution in [0.4, 0.5) is 0 Å². The fourth-order valence-corrected chi connectivity index (χ4v) is 3.26. The van der Waals surface area contributed by atoms with Crippen molar-refractivity contribution in [2.45, 2.75) is 39.4 Å². The van der Waals surface area contributed by atoms with Crippen molar-refractivity contribution in [3.05, 3.63) is 35.7 Å². The molecule has 0 bridgehead atoms. The summed E-state index contributed by atoms with van der Waals surface area (Å²) in [6, 6.07) is 2.64. The molecule has 0 spiro atoms. The second-order valence-corrected chi connectivity index (χ2v) is 6.08. The number of methoxy groups -OCH3 is 1. The molecule has 6 nitrogen and oxygen atoms in total. The number of rotatable bonds is 6. The molecular formula is C16H25N5O. The highest BCUT2D eigenvalue weighted by molar-refractivity contribution is 5.08. The van der Waals surface area contributed by atoms with Gasteiger partial charge in [0, 0.05) is 44.8 Å². The molecular weight excluding hydrogens is 278 g/mol. The third-order valence-corrected chi connectivity index (χ3v) is 4.34. The van der Waals surface area contributed by atoms with E-state index in [0.29, 0.717) is 6.04 Å². The molecule has 3 rings (SSSR count). The average Bonchev–Trinajstić information content (AvgIpc) is 3.18. The molecule has 0 N–H and O–H groups in total. The molecule has 1 atom stereocenters. The van der Waals surface area contributed by atoms with E-state index >= 15 is 0 Å². The Bertz CT molecular complexity index is 618. The fraction of sp³-hybridized carbons (Fsp3) is 0.625. The maximum Gasteiger partial charge on any atom is 0.122 e. The Morgan fingerprint density at radius 1 is 1.36 bits per heavy atom. The molecule has 1 aliphatic rings. The first-order valence-corrected chi connectivity index (χ1v) is 7.91. The van der Waals surface area contributed by atoms with E-state index in [0.717, 1.165) is 50.7 Å². The molecule has 1 aliphatic heterocycles. The van der Waals surface area contributed by atoms with E-state index in [4.69, 9.17) is 4.74 Å². The van der Waals surface area contributed by atoms with Crippen molar-refractivity contribution in [1.82, 2.24) is 24.2 Å².